The molecule has 0 atom stereocenters. The highest BCUT2D eigenvalue weighted by molar-refractivity contribution is 7.92. The van der Waals surface area contributed by atoms with E-state index in [2.05, 4.69) is 10.2 Å². The molecule has 0 aliphatic carbocycles. The summed E-state index contributed by atoms with van der Waals surface area (Å²) in [6, 6.07) is 11.9. The van der Waals surface area contributed by atoms with Crippen molar-refractivity contribution < 1.29 is 13.2 Å². The standard InChI is InChI=1S/C18H20ClN3O3S/c19-14-4-6-15(7-5-14)26(23,24)22-12-13-25-18-16(2-1-3-17(18)22)21-10-8-20-9-11-21/h1-7,20H,8-13H2. The van der Waals surface area contributed by atoms with Crippen molar-refractivity contribution >= 4 is 33.0 Å². The number of halogens is 1. The van der Waals surface area contributed by atoms with Crippen LogP contribution in [0.3, 0.4) is 0 Å². The first-order chi connectivity index (χ1) is 12.6. The summed E-state index contributed by atoms with van der Waals surface area (Å²) in [5.74, 6) is 0.637. The topological polar surface area (TPSA) is 61.9 Å². The van der Waals surface area contributed by atoms with Gasteiger partial charge in [-0.2, -0.15) is 0 Å². The number of benzene rings is 2. The van der Waals surface area contributed by atoms with Gasteiger partial charge in [-0.05, 0) is 36.4 Å². The molecule has 2 heterocycles. The van der Waals surface area contributed by atoms with E-state index in [0.29, 0.717) is 23.1 Å². The van der Waals surface area contributed by atoms with E-state index in [1.165, 1.54) is 16.4 Å². The van der Waals surface area contributed by atoms with Gasteiger partial charge in [0.1, 0.15) is 6.61 Å². The second-order valence-corrected chi connectivity index (χ2v) is 8.54. The summed E-state index contributed by atoms with van der Waals surface area (Å²) in [5.41, 5.74) is 1.53. The summed E-state index contributed by atoms with van der Waals surface area (Å²) in [5, 5.41) is 3.83. The average Bonchev–Trinajstić information content (AvgIpc) is 2.68. The van der Waals surface area contributed by atoms with E-state index in [4.69, 9.17) is 16.3 Å². The van der Waals surface area contributed by atoms with Crippen molar-refractivity contribution in [2.75, 3.05) is 48.5 Å². The SMILES string of the molecule is O=S(=O)(c1ccc(Cl)cc1)N1CCOc2c(N3CCNCC3)cccc21. The fraction of sp³-hybridized carbons (Fsp3) is 0.333. The maximum Gasteiger partial charge on any atom is 0.264 e. The van der Waals surface area contributed by atoms with Crippen molar-refractivity contribution in [1.82, 2.24) is 5.32 Å². The lowest BCUT2D eigenvalue weighted by Gasteiger charge is -2.36. The van der Waals surface area contributed by atoms with E-state index in [9.17, 15) is 8.42 Å². The van der Waals surface area contributed by atoms with Crippen LogP contribution in [0.15, 0.2) is 47.4 Å². The fourth-order valence-corrected chi connectivity index (χ4v) is 4.92. The molecule has 6 nitrogen and oxygen atoms in total. The number of fused-ring (bicyclic) bond motifs is 1. The first-order valence-electron chi connectivity index (χ1n) is 8.57. The summed E-state index contributed by atoms with van der Waals surface area (Å²) in [7, 11) is -3.68. The molecule has 1 saturated heterocycles. The molecule has 1 N–H and O–H groups in total. The second kappa shape index (κ2) is 6.98. The lowest BCUT2D eigenvalue weighted by atomic mass is 10.2. The number of anilines is 2. The lowest BCUT2D eigenvalue weighted by molar-refractivity contribution is 0.315. The van der Waals surface area contributed by atoms with Gasteiger partial charge in [0, 0.05) is 31.2 Å². The van der Waals surface area contributed by atoms with Crippen molar-refractivity contribution in [2.24, 2.45) is 0 Å². The zero-order chi connectivity index (χ0) is 18.1. The number of hydrogen-bond donors (Lipinski definition) is 1. The number of rotatable bonds is 3. The molecule has 2 aromatic rings. The molecule has 26 heavy (non-hydrogen) atoms. The predicted octanol–water partition coefficient (Wildman–Crippen LogP) is 2.34. The molecule has 0 bridgehead atoms. The number of sulfonamides is 1. The van der Waals surface area contributed by atoms with Crippen molar-refractivity contribution in [3.63, 3.8) is 0 Å². The molecule has 0 unspecified atom stereocenters. The Morgan fingerprint density at radius 3 is 2.38 bits per heavy atom. The highest BCUT2D eigenvalue weighted by Crippen LogP contribution is 2.42. The van der Waals surface area contributed by atoms with Gasteiger partial charge in [-0.15, -0.1) is 0 Å². The Morgan fingerprint density at radius 1 is 0.962 bits per heavy atom. The zero-order valence-corrected chi connectivity index (χ0v) is 15.8. The number of para-hydroxylation sites is 1. The van der Waals surface area contributed by atoms with Crippen molar-refractivity contribution in [3.8, 4) is 5.75 Å². The summed E-state index contributed by atoms with van der Waals surface area (Å²) in [6.45, 7) is 4.13. The third kappa shape index (κ3) is 3.11. The minimum Gasteiger partial charge on any atom is -0.487 e. The van der Waals surface area contributed by atoms with Crippen molar-refractivity contribution in [1.29, 1.82) is 0 Å². The maximum atomic E-state index is 13.2. The smallest absolute Gasteiger partial charge is 0.264 e. The van der Waals surface area contributed by atoms with Gasteiger partial charge in [-0.3, -0.25) is 4.31 Å². The van der Waals surface area contributed by atoms with Crippen LogP contribution in [0.1, 0.15) is 0 Å². The van der Waals surface area contributed by atoms with Crippen LogP contribution >= 0.6 is 11.6 Å². The summed E-state index contributed by atoms with van der Waals surface area (Å²) >= 11 is 5.90. The van der Waals surface area contributed by atoms with Gasteiger partial charge in [-0.25, -0.2) is 8.42 Å². The molecule has 1 fully saturated rings. The van der Waals surface area contributed by atoms with E-state index >= 15 is 0 Å². The monoisotopic (exact) mass is 393 g/mol. The highest BCUT2D eigenvalue weighted by atomic mass is 35.5. The summed E-state index contributed by atoms with van der Waals surface area (Å²) < 4.78 is 33.6. The second-order valence-electron chi connectivity index (χ2n) is 6.24. The van der Waals surface area contributed by atoms with Gasteiger partial charge in [0.15, 0.2) is 5.75 Å². The Bertz CT molecular complexity index is 896. The van der Waals surface area contributed by atoms with E-state index in [1.807, 2.05) is 12.1 Å². The molecule has 8 heteroatoms. The van der Waals surface area contributed by atoms with E-state index in [0.717, 1.165) is 31.9 Å². The Labute approximate surface area is 158 Å². The van der Waals surface area contributed by atoms with Crippen LogP contribution in [-0.2, 0) is 10.0 Å². The third-order valence-corrected chi connectivity index (χ3v) is 6.72. The minimum absolute atomic E-state index is 0.224. The molecule has 0 aromatic heterocycles. The first kappa shape index (κ1) is 17.5. The van der Waals surface area contributed by atoms with Crippen LogP contribution < -0.4 is 19.3 Å². The molecule has 0 amide bonds. The summed E-state index contributed by atoms with van der Waals surface area (Å²) in [4.78, 5) is 2.45. The molecule has 2 aromatic carbocycles. The van der Waals surface area contributed by atoms with Crippen LogP contribution in [0, 0.1) is 0 Å². The number of nitrogens with zero attached hydrogens (tertiary/aromatic N) is 2. The number of piperazine rings is 1. The molecular formula is C18H20ClN3O3S. The van der Waals surface area contributed by atoms with Crippen LogP contribution in [0.5, 0.6) is 5.75 Å². The van der Waals surface area contributed by atoms with Crippen LogP contribution in [0.4, 0.5) is 11.4 Å². The highest BCUT2D eigenvalue weighted by Gasteiger charge is 2.32. The van der Waals surface area contributed by atoms with Crippen LogP contribution in [0.25, 0.3) is 0 Å². The quantitative estimate of drug-likeness (QED) is 0.867. The molecule has 0 spiro atoms. The maximum absolute atomic E-state index is 13.2. The molecule has 0 radical (unpaired) electrons. The lowest BCUT2D eigenvalue weighted by Crippen LogP contribution is -2.44. The third-order valence-electron chi connectivity index (χ3n) is 4.64. The normalized spacial score (nSPS) is 17.6. The fourth-order valence-electron chi connectivity index (χ4n) is 3.35. The van der Waals surface area contributed by atoms with Crippen LogP contribution in [0.2, 0.25) is 5.02 Å². The molecule has 138 valence electrons. The zero-order valence-electron chi connectivity index (χ0n) is 14.2. The average molecular weight is 394 g/mol. The van der Waals surface area contributed by atoms with Gasteiger partial charge in [0.2, 0.25) is 0 Å². The largest absolute Gasteiger partial charge is 0.487 e. The Balaban J connectivity index is 1.74. The van der Waals surface area contributed by atoms with Crippen molar-refractivity contribution in [2.45, 2.75) is 4.90 Å². The molecule has 0 saturated carbocycles. The Kier molecular flexibility index (Phi) is 4.69. The Morgan fingerprint density at radius 2 is 1.65 bits per heavy atom. The van der Waals surface area contributed by atoms with Crippen molar-refractivity contribution in [3.05, 3.63) is 47.5 Å². The molecule has 2 aliphatic heterocycles. The van der Waals surface area contributed by atoms with Gasteiger partial charge < -0.3 is 15.0 Å². The number of nitrogens with one attached hydrogen (secondary N) is 1. The Hall–Kier alpha value is -1.96. The van der Waals surface area contributed by atoms with Gasteiger partial charge >= 0.3 is 0 Å². The number of ether oxygens (including phenoxy) is 1. The molecular weight excluding hydrogens is 374 g/mol. The van der Waals surface area contributed by atoms with E-state index in [1.54, 1.807) is 18.2 Å². The molecule has 2 aliphatic rings. The van der Waals surface area contributed by atoms with Gasteiger partial charge in [0.05, 0.1) is 22.8 Å². The number of hydrogen-bond acceptors (Lipinski definition) is 5. The van der Waals surface area contributed by atoms with E-state index < -0.39 is 10.0 Å². The minimum atomic E-state index is -3.68. The molecule has 4 rings (SSSR count). The summed E-state index contributed by atoms with van der Waals surface area (Å²) in [6.07, 6.45) is 0. The first-order valence-corrected chi connectivity index (χ1v) is 10.4. The predicted molar refractivity (Wildman–Crippen MR) is 103 cm³/mol. The van der Waals surface area contributed by atoms with Gasteiger partial charge in [-0.1, -0.05) is 17.7 Å². The van der Waals surface area contributed by atoms with Crippen LogP contribution in [-0.4, -0.2) is 47.7 Å². The van der Waals surface area contributed by atoms with E-state index in [-0.39, 0.29) is 11.4 Å². The van der Waals surface area contributed by atoms with Gasteiger partial charge in [0.25, 0.3) is 10.0 Å².